The highest BCUT2D eigenvalue weighted by Gasteiger charge is 2.88. The molecule has 1 saturated heterocycles. The first-order valence-corrected chi connectivity index (χ1v) is 18.9. The maximum Gasteiger partial charge on any atom is 0.340 e. The predicted octanol–water partition coefficient (Wildman–Crippen LogP) is 4.32. The molecule has 1 unspecified atom stereocenters. The number of piperidine rings is 1. The molecule has 8 rings (SSSR count). The van der Waals surface area contributed by atoms with Crippen molar-refractivity contribution in [3.05, 3.63) is 65.0 Å². The Hall–Kier alpha value is -3.19. The Morgan fingerprint density at radius 2 is 1.83 bits per heavy atom. The number of benzene rings is 1. The zero-order chi connectivity index (χ0) is 36.8. The third-order valence-corrected chi connectivity index (χ3v) is 14.3. The monoisotopic (exact) mass is 715 g/mol. The molecule has 52 heavy (non-hydrogen) atoms. The van der Waals surface area contributed by atoms with Crippen LogP contribution in [0.2, 0.25) is 0 Å². The van der Waals surface area contributed by atoms with Crippen molar-refractivity contribution in [2.24, 2.45) is 29.1 Å². The molecule has 1 aromatic heterocycles. The summed E-state index contributed by atoms with van der Waals surface area (Å²) >= 11 is 0. The predicted molar refractivity (Wildman–Crippen MR) is 193 cm³/mol. The number of hydrogen-bond acceptors (Lipinski definition) is 10. The smallest absolute Gasteiger partial charge is 0.340 e. The van der Waals surface area contributed by atoms with Crippen molar-refractivity contribution in [1.82, 2.24) is 9.88 Å². The summed E-state index contributed by atoms with van der Waals surface area (Å²) in [5.74, 6) is -1.72. The number of fused-ring (bicyclic) bond motifs is 2. The quantitative estimate of drug-likeness (QED) is 0.254. The van der Waals surface area contributed by atoms with E-state index in [1.54, 1.807) is 51.7 Å². The molecule has 6 fully saturated rings. The van der Waals surface area contributed by atoms with Gasteiger partial charge in [0, 0.05) is 75.3 Å². The first-order valence-electron chi connectivity index (χ1n) is 18.9. The molecule has 11 nitrogen and oxygen atoms in total. The number of esters is 1. The highest BCUT2D eigenvalue weighted by Crippen LogP contribution is 2.78. The van der Waals surface area contributed by atoms with Crippen LogP contribution in [-0.4, -0.2) is 108 Å². The Kier molecular flexibility index (Phi) is 8.75. The number of amides is 1. The fourth-order valence-corrected chi connectivity index (χ4v) is 12.9. The van der Waals surface area contributed by atoms with Crippen LogP contribution in [0.25, 0.3) is 6.08 Å². The molecule has 1 amide bonds. The van der Waals surface area contributed by atoms with Gasteiger partial charge in [-0.15, -0.1) is 0 Å². The first-order chi connectivity index (χ1) is 24.9. The van der Waals surface area contributed by atoms with Gasteiger partial charge in [-0.3, -0.25) is 14.7 Å². The van der Waals surface area contributed by atoms with E-state index in [1.807, 2.05) is 26.0 Å². The van der Waals surface area contributed by atoms with Gasteiger partial charge in [-0.2, -0.15) is 0 Å². The summed E-state index contributed by atoms with van der Waals surface area (Å²) in [5, 5.41) is 29.2. The Bertz CT molecular complexity index is 1770. The van der Waals surface area contributed by atoms with Crippen molar-refractivity contribution in [3.63, 3.8) is 0 Å². The van der Waals surface area contributed by atoms with E-state index < -0.39 is 34.3 Å². The molecule has 1 aromatic carbocycles. The van der Waals surface area contributed by atoms with E-state index in [0.717, 1.165) is 11.3 Å². The lowest BCUT2D eigenvalue weighted by molar-refractivity contribution is -0.328. The van der Waals surface area contributed by atoms with Crippen LogP contribution < -0.4 is 5.32 Å². The van der Waals surface area contributed by atoms with Gasteiger partial charge in [0.05, 0.1) is 35.3 Å². The van der Waals surface area contributed by atoms with Crippen LogP contribution in [-0.2, 0) is 23.7 Å². The van der Waals surface area contributed by atoms with Gasteiger partial charge in [-0.25, -0.2) is 4.79 Å². The Labute approximate surface area is 306 Å². The van der Waals surface area contributed by atoms with Crippen LogP contribution >= 0.6 is 0 Å². The minimum atomic E-state index is -1.52. The molecule has 7 bridgehead atoms. The number of likely N-dealkylation sites (tertiary alicyclic amines) is 1. The summed E-state index contributed by atoms with van der Waals surface area (Å²) < 4.78 is 25.4. The standard InChI is InChI=1S/C41H53N3O8/c1-7-44-22-38(52-37(46)28-10-8-9-11-30(28)43-34(45)13-12-26-17-23(2)16-24(3)42-26)15-14-33(50-5)40-31(38)20-29(35(40)44)39(47)21-27(49-4)18-25-19-32(40)41(39,48)36(25)51-6/h8-13,16-17,25,27,29,31-33,35-36,47-48H,7,14-15,18-22H2,1-6H3,(H,43,45)/b13-12+/t25-,27+,29+,31+,32-,33-,35?,36-,38+,39-,40-,41-/m0/s1. The minimum absolute atomic E-state index is 0.00450. The molecule has 280 valence electrons. The summed E-state index contributed by atoms with van der Waals surface area (Å²) in [6.07, 6.45) is 5.62. The second-order valence-corrected chi connectivity index (χ2v) is 16.5. The number of likely N-dealkylation sites (N-methyl/N-ethyl adjacent to an activating group) is 1. The van der Waals surface area contributed by atoms with Gasteiger partial charge in [0.15, 0.2) is 0 Å². The normalized spacial score (nSPS) is 41.5. The molecule has 1 aliphatic heterocycles. The number of hydrogen-bond donors (Lipinski definition) is 3. The number of nitrogens with one attached hydrogen (secondary N) is 1. The lowest BCUT2D eigenvalue weighted by atomic mass is 9.43. The summed E-state index contributed by atoms with van der Waals surface area (Å²) in [6, 6.07) is 10.7. The number of aryl methyl sites for hydroxylation is 2. The van der Waals surface area contributed by atoms with E-state index in [0.29, 0.717) is 63.0 Å². The Balaban J connectivity index is 1.16. The fraction of sp³-hybridized carbons (Fsp3) is 0.634. The largest absolute Gasteiger partial charge is 0.454 e. The van der Waals surface area contributed by atoms with Gasteiger partial charge >= 0.3 is 5.97 Å². The second kappa shape index (κ2) is 12.7. The molecule has 6 aliphatic rings. The highest BCUT2D eigenvalue weighted by atomic mass is 16.6. The minimum Gasteiger partial charge on any atom is -0.454 e. The number of aliphatic hydroxyl groups is 2. The first kappa shape index (κ1) is 35.8. The van der Waals surface area contributed by atoms with Crippen LogP contribution in [0, 0.1) is 42.9 Å². The molecule has 5 saturated carbocycles. The van der Waals surface area contributed by atoms with Crippen molar-refractivity contribution in [2.45, 2.75) is 100 Å². The van der Waals surface area contributed by atoms with E-state index in [-0.39, 0.29) is 53.4 Å². The van der Waals surface area contributed by atoms with Gasteiger partial charge in [-0.1, -0.05) is 19.1 Å². The fourth-order valence-electron chi connectivity index (χ4n) is 12.9. The third kappa shape index (κ3) is 4.82. The number of carbonyl (C=O) groups excluding carboxylic acids is 2. The van der Waals surface area contributed by atoms with Crippen LogP contribution in [0.5, 0.6) is 0 Å². The van der Waals surface area contributed by atoms with E-state index >= 15 is 0 Å². The maximum absolute atomic E-state index is 14.5. The zero-order valence-corrected chi connectivity index (χ0v) is 31.1. The lowest BCUT2D eigenvalue weighted by Gasteiger charge is -2.70. The SMILES string of the molecule is CCN1C[C@]2(OC(=O)c3ccccc3NC(=O)/C=C/c3cc(C)cc(C)n3)CC[C@H](OC)[C@]34C1[C@@H](C[C@H]23)[C@@]1(O)C[C@H](OC)C[C@H]2C[C@@H]4[C@]1(O)[C@H]2OC. The van der Waals surface area contributed by atoms with E-state index in [2.05, 4.69) is 22.1 Å². The zero-order valence-electron chi connectivity index (χ0n) is 31.1. The van der Waals surface area contributed by atoms with Gasteiger partial charge in [0.25, 0.3) is 0 Å². The highest BCUT2D eigenvalue weighted by molar-refractivity contribution is 6.06. The van der Waals surface area contributed by atoms with E-state index in [9.17, 15) is 19.8 Å². The number of ether oxygens (including phenoxy) is 4. The number of nitrogens with zero attached hydrogens (tertiary/aromatic N) is 2. The number of pyridine rings is 1. The number of aromatic nitrogens is 1. The van der Waals surface area contributed by atoms with Gasteiger partial charge < -0.3 is 34.5 Å². The molecule has 11 heteroatoms. The van der Waals surface area contributed by atoms with Crippen molar-refractivity contribution in [2.75, 3.05) is 39.7 Å². The van der Waals surface area contributed by atoms with Crippen molar-refractivity contribution >= 4 is 23.6 Å². The summed E-state index contributed by atoms with van der Waals surface area (Å²) in [7, 11) is 5.09. The average Bonchev–Trinajstić information content (AvgIpc) is 3.51. The van der Waals surface area contributed by atoms with Gasteiger partial charge in [0.2, 0.25) is 5.91 Å². The maximum atomic E-state index is 14.5. The van der Waals surface area contributed by atoms with Crippen LogP contribution in [0.1, 0.15) is 72.8 Å². The summed E-state index contributed by atoms with van der Waals surface area (Å²) in [5.41, 5.74) is -1.26. The van der Waals surface area contributed by atoms with Crippen LogP contribution in [0.4, 0.5) is 5.69 Å². The third-order valence-electron chi connectivity index (χ3n) is 14.3. The number of carbonyl (C=O) groups is 2. The number of rotatable bonds is 9. The molecule has 12 atom stereocenters. The molecule has 2 aromatic rings. The average molecular weight is 716 g/mol. The topological polar surface area (TPSA) is 140 Å². The molecule has 2 heterocycles. The Morgan fingerprint density at radius 3 is 2.54 bits per heavy atom. The molecule has 5 aliphatic carbocycles. The molecule has 1 spiro atoms. The molecule has 0 radical (unpaired) electrons. The van der Waals surface area contributed by atoms with Crippen molar-refractivity contribution < 1.29 is 38.7 Å². The van der Waals surface area contributed by atoms with Crippen LogP contribution in [0.3, 0.4) is 0 Å². The number of para-hydroxylation sites is 1. The Morgan fingerprint density at radius 1 is 1.04 bits per heavy atom. The van der Waals surface area contributed by atoms with Crippen LogP contribution in [0.15, 0.2) is 42.5 Å². The number of methoxy groups -OCH3 is 3. The number of anilines is 1. The van der Waals surface area contributed by atoms with Crippen molar-refractivity contribution in [1.29, 1.82) is 0 Å². The van der Waals surface area contributed by atoms with E-state index in [1.165, 1.54) is 6.08 Å². The van der Waals surface area contributed by atoms with Crippen molar-refractivity contribution in [3.8, 4) is 0 Å². The van der Waals surface area contributed by atoms with E-state index in [4.69, 9.17) is 18.9 Å². The lowest BCUT2D eigenvalue weighted by Crippen LogP contribution is -2.82. The molecule has 3 N–H and O–H groups in total. The molecular formula is C41H53N3O8. The summed E-state index contributed by atoms with van der Waals surface area (Å²) in [6.45, 7) is 7.22. The molecular weight excluding hydrogens is 662 g/mol. The van der Waals surface area contributed by atoms with Gasteiger partial charge in [-0.05, 0) is 94.3 Å². The van der Waals surface area contributed by atoms with Gasteiger partial charge in [0.1, 0.15) is 16.8 Å². The second-order valence-electron chi connectivity index (χ2n) is 16.5. The summed E-state index contributed by atoms with van der Waals surface area (Å²) in [4.78, 5) is 34.5.